The Morgan fingerprint density at radius 3 is 2.32 bits per heavy atom. The molecule has 2 heterocycles. The summed E-state index contributed by atoms with van der Waals surface area (Å²) in [5.41, 5.74) is -2.17. The van der Waals surface area contributed by atoms with E-state index in [0.717, 1.165) is 12.5 Å². The second kappa shape index (κ2) is 9.90. The fourth-order valence-corrected chi connectivity index (χ4v) is 5.41. The summed E-state index contributed by atoms with van der Waals surface area (Å²) in [5.74, 6) is -4.68. The van der Waals surface area contributed by atoms with Crippen LogP contribution in [0.25, 0.3) is 0 Å². The third-order valence-electron chi connectivity index (χ3n) is 7.24. The molecule has 1 N–H and O–H groups in total. The van der Waals surface area contributed by atoms with E-state index < -0.39 is 68.7 Å². The molecule has 0 bridgehead atoms. The monoisotopic (exact) mass is 559 g/mol. The minimum Gasteiger partial charge on any atom is -0.347 e. The number of carbonyl (C=O) groups excluding carboxylic acids is 2. The quantitative estimate of drug-likeness (QED) is 0.533. The van der Waals surface area contributed by atoms with Gasteiger partial charge in [0.15, 0.2) is 9.84 Å². The molecule has 1 saturated carbocycles. The first-order valence-corrected chi connectivity index (χ1v) is 13.8. The normalized spacial score (nSPS) is 22.8. The van der Waals surface area contributed by atoms with E-state index in [-0.39, 0.29) is 34.8 Å². The van der Waals surface area contributed by atoms with Crippen LogP contribution in [0.5, 0.6) is 0 Å². The van der Waals surface area contributed by atoms with E-state index in [1.54, 1.807) is 6.92 Å². The summed E-state index contributed by atoms with van der Waals surface area (Å²) in [6, 6.07) is -0.825. The van der Waals surface area contributed by atoms with E-state index in [1.807, 2.05) is 6.92 Å². The zero-order valence-electron chi connectivity index (χ0n) is 20.7. The van der Waals surface area contributed by atoms with E-state index in [4.69, 9.17) is 0 Å². The Labute approximate surface area is 216 Å². The number of sulfone groups is 1. The van der Waals surface area contributed by atoms with Gasteiger partial charge in [-0.2, -0.15) is 13.2 Å². The number of rotatable bonds is 6. The molecule has 1 aromatic carbocycles. The number of halogens is 5. The van der Waals surface area contributed by atoms with Crippen molar-refractivity contribution in [3.63, 3.8) is 0 Å². The van der Waals surface area contributed by atoms with Gasteiger partial charge in [0.05, 0.1) is 22.1 Å². The zero-order chi connectivity index (χ0) is 28.2. The molecule has 0 spiro atoms. The van der Waals surface area contributed by atoms with Crippen molar-refractivity contribution in [1.29, 1.82) is 0 Å². The number of pyridine rings is 1. The summed E-state index contributed by atoms with van der Waals surface area (Å²) in [6.45, 7) is 3.56. The van der Waals surface area contributed by atoms with Crippen molar-refractivity contribution in [3.05, 3.63) is 58.9 Å². The van der Waals surface area contributed by atoms with Gasteiger partial charge in [0.1, 0.15) is 17.7 Å². The number of nitrogens with one attached hydrogen (secondary N) is 1. The highest BCUT2D eigenvalue weighted by atomic mass is 32.2. The van der Waals surface area contributed by atoms with E-state index in [0.29, 0.717) is 18.9 Å². The summed E-state index contributed by atoms with van der Waals surface area (Å²) in [4.78, 5) is 31.8. The lowest BCUT2D eigenvalue weighted by Crippen LogP contribution is -2.49. The first-order chi connectivity index (χ1) is 17.6. The predicted molar refractivity (Wildman–Crippen MR) is 126 cm³/mol. The van der Waals surface area contributed by atoms with Gasteiger partial charge >= 0.3 is 6.18 Å². The molecule has 38 heavy (non-hydrogen) atoms. The van der Waals surface area contributed by atoms with Crippen molar-refractivity contribution < 1.29 is 40.0 Å². The Bertz CT molecular complexity index is 1380. The minimum absolute atomic E-state index is 0.0405. The van der Waals surface area contributed by atoms with Crippen molar-refractivity contribution in [2.24, 2.45) is 11.8 Å². The van der Waals surface area contributed by atoms with Crippen molar-refractivity contribution in [3.8, 4) is 0 Å². The summed E-state index contributed by atoms with van der Waals surface area (Å²) in [5, 5.41) is 2.64. The Balaban J connectivity index is 1.63. The van der Waals surface area contributed by atoms with Crippen LogP contribution < -0.4 is 5.32 Å². The molecular formula is C25H26F5N3O4S. The van der Waals surface area contributed by atoms with Crippen LogP contribution in [-0.4, -0.2) is 48.5 Å². The molecule has 1 saturated heterocycles. The number of hydrogen-bond acceptors (Lipinski definition) is 5. The van der Waals surface area contributed by atoms with Crippen LogP contribution in [0.2, 0.25) is 0 Å². The molecule has 1 aliphatic carbocycles. The van der Waals surface area contributed by atoms with E-state index >= 15 is 0 Å². The van der Waals surface area contributed by atoms with Gasteiger partial charge in [-0.05, 0) is 56.2 Å². The molecule has 1 aromatic heterocycles. The second-order valence-electron chi connectivity index (χ2n) is 10.0. The maximum atomic E-state index is 14.8. The molecule has 2 aliphatic rings. The van der Waals surface area contributed by atoms with Crippen molar-refractivity contribution in [2.75, 3.05) is 6.26 Å². The molecule has 1 aliphatic heterocycles. The van der Waals surface area contributed by atoms with E-state index in [1.165, 1.54) is 17.2 Å². The number of likely N-dealkylation sites (tertiary alicyclic amines) is 1. The topological polar surface area (TPSA) is 96.4 Å². The third-order valence-corrected chi connectivity index (χ3v) is 8.32. The number of carbonyl (C=O) groups is 2. The fourth-order valence-electron chi connectivity index (χ4n) is 4.81. The molecule has 0 unspecified atom stereocenters. The number of alkyl halides is 3. The highest BCUT2D eigenvalue weighted by molar-refractivity contribution is 7.90. The molecule has 4 atom stereocenters. The lowest BCUT2D eigenvalue weighted by Gasteiger charge is -2.30. The molecule has 4 rings (SSSR count). The second-order valence-corrected chi connectivity index (χ2v) is 12.1. The van der Waals surface area contributed by atoms with Crippen LogP contribution in [0.3, 0.4) is 0 Å². The average Bonchev–Trinajstić information content (AvgIpc) is 3.62. The third kappa shape index (κ3) is 5.52. The van der Waals surface area contributed by atoms with E-state index in [9.17, 15) is 40.0 Å². The van der Waals surface area contributed by atoms with Gasteiger partial charge < -0.3 is 10.2 Å². The smallest absolute Gasteiger partial charge is 0.347 e. The molecule has 0 radical (unpaired) electrons. The summed E-state index contributed by atoms with van der Waals surface area (Å²) in [6.07, 6.45) is -0.481. The number of aromatic nitrogens is 1. The number of benzene rings is 1. The highest BCUT2D eigenvalue weighted by Crippen LogP contribution is 2.44. The van der Waals surface area contributed by atoms with Gasteiger partial charge in [-0.25, -0.2) is 17.2 Å². The van der Waals surface area contributed by atoms with Gasteiger partial charge in [0, 0.05) is 30.3 Å². The summed E-state index contributed by atoms with van der Waals surface area (Å²) < 4.78 is 92.0. The number of hydrogen-bond donors (Lipinski definition) is 1. The lowest BCUT2D eigenvalue weighted by atomic mass is 9.98. The van der Waals surface area contributed by atoms with Crippen molar-refractivity contribution >= 4 is 21.7 Å². The molecule has 206 valence electrons. The molecule has 7 nitrogen and oxygen atoms in total. The first kappa shape index (κ1) is 27.9. The maximum absolute atomic E-state index is 14.8. The zero-order valence-corrected chi connectivity index (χ0v) is 21.5. The Morgan fingerprint density at radius 2 is 1.74 bits per heavy atom. The minimum atomic E-state index is -5.08. The predicted octanol–water partition coefficient (Wildman–Crippen LogP) is 4.29. The van der Waals surface area contributed by atoms with Gasteiger partial charge in [0.25, 0.3) is 5.91 Å². The van der Waals surface area contributed by atoms with Crippen LogP contribution in [0.15, 0.2) is 35.5 Å². The number of amides is 2. The van der Waals surface area contributed by atoms with Crippen LogP contribution in [0.4, 0.5) is 22.0 Å². The number of nitrogens with zero attached hydrogens (tertiary/aromatic N) is 2. The van der Waals surface area contributed by atoms with Gasteiger partial charge in [-0.15, -0.1) is 0 Å². The van der Waals surface area contributed by atoms with Crippen LogP contribution in [0.1, 0.15) is 60.6 Å². The Kier molecular flexibility index (Phi) is 7.28. The molecular weight excluding hydrogens is 533 g/mol. The molecule has 13 heteroatoms. The fraction of sp³-hybridized carbons (Fsp3) is 0.480. The lowest BCUT2D eigenvalue weighted by molar-refractivity contribution is -0.140. The summed E-state index contributed by atoms with van der Waals surface area (Å²) in [7, 11) is -3.65. The standard InChI is InChI=1S/C25H26F5N3O4S/c1-12-6-21(33(13(12)2)24(35)15-7-16(11-31-10-15)38(3,36)37)23(34)32-22(14-4-5-14)17-8-20(27)18(9-19(17)26)25(28,29)30/h7-14,21-22H,4-6H2,1-3H3,(H,32,34)/t12-,13-,21-,22-/m1/s1. The van der Waals surface area contributed by atoms with Crippen molar-refractivity contribution in [2.45, 2.75) is 62.3 Å². The maximum Gasteiger partial charge on any atom is 0.419 e. The molecule has 2 fully saturated rings. The van der Waals surface area contributed by atoms with Gasteiger partial charge in [0.2, 0.25) is 5.91 Å². The first-order valence-electron chi connectivity index (χ1n) is 11.9. The van der Waals surface area contributed by atoms with Gasteiger partial charge in [-0.1, -0.05) is 6.92 Å². The Hall–Kier alpha value is -3.09. The van der Waals surface area contributed by atoms with E-state index in [2.05, 4.69) is 10.3 Å². The van der Waals surface area contributed by atoms with Crippen LogP contribution in [0, 0.1) is 23.5 Å². The molecule has 2 aromatic rings. The van der Waals surface area contributed by atoms with Crippen molar-refractivity contribution in [1.82, 2.24) is 15.2 Å². The highest BCUT2D eigenvalue weighted by Gasteiger charge is 2.45. The molecule has 2 amide bonds. The SMILES string of the molecule is C[C@@H]1C[C@H](C(=O)N[C@@H](c2cc(F)c(C(F)(F)F)cc2F)C2CC2)N(C(=O)c2cncc(S(C)(=O)=O)c2)[C@@H]1C. The summed E-state index contributed by atoms with van der Waals surface area (Å²) >= 11 is 0. The van der Waals surface area contributed by atoms with Gasteiger partial charge in [-0.3, -0.25) is 14.6 Å². The van der Waals surface area contributed by atoms with Crippen LogP contribution >= 0.6 is 0 Å². The van der Waals surface area contributed by atoms with Crippen LogP contribution in [-0.2, 0) is 20.8 Å². The average molecular weight is 560 g/mol. The largest absolute Gasteiger partial charge is 0.419 e. The Morgan fingerprint density at radius 1 is 1.08 bits per heavy atom.